The standard InChI is InChI=1S/C14H18O/c1-2-11-10-13(8-9-14(11)15)12-6-4-3-5-7-12/h2,8-10,12,15H,1,3-7H2. The average molecular weight is 202 g/mol. The second-order valence-electron chi connectivity index (χ2n) is 4.36. The van der Waals surface area contributed by atoms with Crippen molar-refractivity contribution in [2.45, 2.75) is 38.0 Å². The molecular formula is C14H18O. The molecule has 0 radical (unpaired) electrons. The van der Waals surface area contributed by atoms with E-state index in [-0.39, 0.29) is 0 Å². The van der Waals surface area contributed by atoms with Gasteiger partial charge in [0.25, 0.3) is 0 Å². The quantitative estimate of drug-likeness (QED) is 0.766. The molecule has 0 aromatic heterocycles. The highest BCUT2D eigenvalue weighted by atomic mass is 16.3. The molecule has 2 rings (SSSR count). The molecule has 1 nitrogen and oxygen atoms in total. The Hall–Kier alpha value is -1.24. The fourth-order valence-electron chi connectivity index (χ4n) is 2.43. The van der Waals surface area contributed by atoms with Gasteiger partial charge in [-0.15, -0.1) is 0 Å². The first-order valence-electron chi connectivity index (χ1n) is 5.76. The summed E-state index contributed by atoms with van der Waals surface area (Å²) in [6.07, 6.45) is 8.37. The van der Waals surface area contributed by atoms with E-state index in [2.05, 4.69) is 18.7 Å². The molecule has 1 fully saturated rings. The molecule has 1 N–H and O–H groups in total. The first kappa shape index (κ1) is 10.3. The fourth-order valence-corrected chi connectivity index (χ4v) is 2.43. The van der Waals surface area contributed by atoms with Crippen molar-refractivity contribution in [3.63, 3.8) is 0 Å². The van der Waals surface area contributed by atoms with Crippen LogP contribution >= 0.6 is 0 Å². The van der Waals surface area contributed by atoms with Gasteiger partial charge in [0.2, 0.25) is 0 Å². The molecule has 0 bridgehead atoms. The van der Waals surface area contributed by atoms with Crippen LogP contribution in [0.1, 0.15) is 49.1 Å². The number of benzene rings is 1. The van der Waals surface area contributed by atoms with Crippen LogP contribution in [0.3, 0.4) is 0 Å². The van der Waals surface area contributed by atoms with Gasteiger partial charge in [0.15, 0.2) is 0 Å². The molecule has 0 spiro atoms. The topological polar surface area (TPSA) is 20.2 Å². The molecule has 0 heterocycles. The molecule has 1 aliphatic carbocycles. The highest BCUT2D eigenvalue weighted by molar-refractivity contribution is 5.56. The van der Waals surface area contributed by atoms with E-state index in [9.17, 15) is 5.11 Å². The van der Waals surface area contributed by atoms with Gasteiger partial charge in [0, 0.05) is 5.56 Å². The smallest absolute Gasteiger partial charge is 0.122 e. The second kappa shape index (κ2) is 4.52. The van der Waals surface area contributed by atoms with Crippen LogP contribution < -0.4 is 0 Å². The van der Waals surface area contributed by atoms with E-state index in [1.54, 1.807) is 12.1 Å². The van der Waals surface area contributed by atoms with Gasteiger partial charge >= 0.3 is 0 Å². The van der Waals surface area contributed by atoms with E-state index < -0.39 is 0 Å². The van der Waals surface area contributed by atoms with Crippen LogP contribution in [0.25, 0.3) is 6.08 Å². The molecule has 1 heteroatoms. The Morgan fingerprint density at radius 3 is 2.60 bits per heavy atom. The number of hydrogen-bond acceptors (Lipinski definition) is 1. The maximum Gasteiger partial charge on any atom is 0.122 e. The van der Waals surface area contributed by atoms with E-state index in [0.29, 0.717) is 11.7 Å². The summed E-state index contributed by atoms with van der Waals surface area (Å²) in [6, 6.07) is 5.93. The SMILES string of the molecule is C=Cc1cc(C2CCCCC2)ccc1O. The molecule has 1 aromatic rings. The average Bonchev–Trinajstić information content (AvgIpc) is 2.31. The Morgan fingerprint density at radius 2 is 1.93 bits per heavy atom. The third kappa shape index (κ3) is 2.23. The number of phenolic OH excluding ortho intramolecular Hbond substituents is 1. The van der Waals surface area contributed by atoms with E-state index in [1.165, 1.54) is 37.7 Å². The molecule has 0 aliphatic heterocycles. The number of rotatable bonds is 2. The summed E-state index contributed by atoms with van der Waals surface area (Å²) < 4.78 is 0. The van der Waals surface area contributed by atoms with Crippen molar-refractivity contribution in [3.05, 3.63) is 35.9 Å². The summed E-state index contributed by atoms with van der Waals surface area (Å²) in [5.74, 6) is 1.03. The van der Waals surface area contributed by atoms with Crippen LogP contribution in [0, 0.1) is 0 Å². The Kier molecular flexibility index (Phi) is 3.10. The number of phenols is 1. The van der Waals surface area contributed by atoms with Crippen molar-refractivity contribution in [2.75, 3.05) is 0 Å². The van der Waals surface area contributed by atoms with Crippen molar-refractivity contribution >= 4 is 6.08 Å². The van der Waals surface area contributed by atoms with Gasteiger partial charge in [-0.2, -0.15) is 0 Å². The monoisotopic (exact) mass is 202 g/mol. The first-order valence-corrected chi connectivity index (χ1v) is 5.76. The van der Waals surface area contributed by atoms with Gasteiger partial charge in [0.05, 0.1) is 0 Å². The van der Waals surface area contributed by atoms with Gasteiger partial charge in [-0.1, -0.05) is 38.0 Å². The zero-order valence-corrected chi connectivity index (χ0v) is 9.08. The van der Waals surface area contributed by atoms with E-state index in [1.807, 2.05) is 0 Å². The van der Waals surface area contributed by atoms with E-state index in [4.69, 9.17) is 0 Å². The summed E-state index contributed by atoms with van der Waals surface area (Å²) in [5, 5.41) is 9.56. The van der Waals surface area contributed by atoms with Crippen molar-refractivity contribution in [1.29, 1.82) is 0 Å². The summed E-state index contributed by atoms with van der Waals surface area (Å²) in [5.41, 5.74) is 2.22. The third-order valence-corrected chi connectivity index (χ3v) is 3.35. The second-order valence-corrected chi connectivity index (χ2v) is 4.36. The van der Waals surface area contributed by atoms with Crippen LogP contribution in [-0.4, -0.2) is 5.11 Å². The maximum atomic E-state index is 9.56. The minimum atomic E-state index is 0.338. The van der Waals surface area contributed by atoms with E-state index in [0.717, 1.165) is 5.56 Å². The highest BCUT2D eigenvalue weighted by Crippen LogP contribution is 2.34. The van der Waals surface area contributed by atoms with E-state index >= 15 is 0 Å². The number of hydrogen-bond donors (Lipinski definition) is 1. The van der Waals surface area contributed by atoms with Gasteiger partial charge in [-0.25, -0.2) is 0 Å². The Labute approximate surface area is 91.4 Å². The van der Waals surface area contributed by atoms with Gasteiger partial charge < -0.3 is 5.11 Å². The van der Waals surface area contributed by atoms with Crippen LogP contribution in [0.2, 0.25) is 0 Å². The summed E-state index contributed by atoms with van der Waals surface area (Å²) in [6.45, 7) is 3.72. The van der Waals surface area contributed by atoms with Crippen LogP contribution in [0.5, 0.6) is 5.75 Å². The minimum Gasteiger partial charge on any atom is -0.507 e. The molecule has 1 aromatic carbocycles. The lowest BCUT2D eigenvalue weighted by atomic mass is 9.83. The predicted molar refractivity (Wildman–Crippen MR) is 64.0 cm³/mol. The summed E-state index contributed by atoms with van der Waals surface area (Å²) in [4.78, 5) is 0. The maximum absolute atomic E-state index is 9.56. The number of aromatic hydroxyl groups is 1. The molecule has 80 valence electrons. The fraction of sp³-hybridized carbons (Fsp3) is 0.429. The zero-order chi connectivity index (χ0) is 10.7. The normalized spacial score (nSPS) is 17.6. The molecular weight excluding hydrogens is 184 g/mol. The van der Waals surface area contributed by atoms with Crippen LogP contribution in [0.15, 0.2) is 24.8 Å². The molecule has 0 atom stereocenters. The molecule has 0 unspecified atom stereocenters. The first-order chi connectivity index (χ1) is 7.31. The summed E-state index contributed by atoms with van der Waals surface area (Å²) in [7, 11) is 0. The lowest BCUT2D eigenvalue weighted by Gasteiger charge is -2.22. The largest absolute Gasteiger partial charge is 0.507 e. The predicted octanol–water partition coefficient (Wildman–Crippen LogP) is 4.08. The zero-order valence-electron chi connectivity index (χ0n) is 9.08. The van der Waals surface area contributed by atoms with Crippen molar-refractivity contribution < 1.29 is 5.11 Å². The Balaban J connectivity index is 2.23. The van der Waals surface area contributed by atoms with Crippen molar-refractivity contribution in [1.82, 2.24) is 0 Å². The van der Waals surface area contributed by atoms with Crippen molar-refractivity contribution in [3.8, 4) is 5.75 Å². The minimum absolute atomic E-state index is 0.338. The van der Waals surface area contributed by atoms with Crippen molar-refractivity contribution in [2.24, 2.45) is 0 Å². The molecule has 0 saturated heterocycles. The highest BCUT2D eigenvalue weighted by Gasteiger charge is 2.15. The third-order valence-electron chi connectivity index (χ3n) is 3.35. The van der Waals surface area contributed by atoms with Gasteiger partial charge in [-0.3, -0.25) is 0 Å². The molecule has 1 aliphatic rings. The van der Waals surface area contributed by atoms with Crippen LogP contribution in [0.4, 0.5) is 0 Å². The lowest BCUT2D eigenvalue weighted by molar-refractivity contribution is 0.441. The Morgan fingerprint density at radius 1 is 1.20 bits per heavy atom. The molecule has 15 heavy (non-hydrogen) atoms. The van der Waals surface area contributed by atoms with Gasteiger partial charge in [0.1, 0.15) is 5.75 Å². The molecule has 0 amide bonds. The summed E-state index contributed by atoms with van der Waals surface area (Å²) >= 11 is 0. The molecule has 1 saturated carbocycles. The lowest BCUT2D eigenvalue weighted by Crippen LogP contribution is -2.04. The van der Waals surface area contributed by atoms with Gasteiger partial charge in [-0.05, 0) is 36.5 Å². The Bertz CT molecular complexity index is 348. The van der Waals surface area contributed by atoms with Crippen LogP contribution in [-0.2, 0) is 0 Å².